The van der Waals surface area contributed by atoms with Crippen LogP contribution in [0.25, 0.3) is 0 Å². The summed E-state index contributed by atoms with van der Waals surface area (Å²) in [5, 5.41) is 9.03. The number of hydrogen-bond donors (Lipinski definition) is 1. The first-order valence-electron chi connectivity index (χ1n) is 5.73. The number of carbonyl (C=O) groups is 1. The molecule has 2 aromatic rings. The maximum Gasteiger partial charge on any atom is 2.00 e. The molecule has 0 aliphatic carbocycles. The molecule has 0 saturated heterocycles. The number of hydrogen-bond acceptors (Lipinski definition) is 6. The van der Waals surface area contributed by atoms with Gasteiger partial charge in [-0.1, -0.05) is 0 Å². The van der Waals surface area contributed by atoms with Crippen LogP contribution in [0.15, 0.2) is 24.8 Å². The topological polar surface area (TPSA) is 88.9 Å². The number of aliphatic hydroxyl groups excluding tert-OH is 1. The molecule has 1 N–H and O–H groups in total. The summed E-state index contributed by atoms with van der Waals surface area (Å²) in [5.74, 6) is 1.41. The molecule has 0 aliphatic heterocycles. The number of nitrogens with zero attached hydrogens (tertiary/aromatic N) is 4. The third kappa shape index (κ3) is 9.88. The molecule has 0 aliphatic rings. The SMILES string of the molecule is Cc1ncc(C(C)O)cn1.Cc1ncc(C=O)cn1.[Br-].[CH3-].[Mg+2]. The number of rotatable bonds is 2. The molecule has 0 aromatic carbocycles. The number of aryl methyl sites for hydroxylation is 2. The molecule has 0 radical (unpaired) electrons. The Kier molecular flexibility index (Phi) is 16.1. The quantitative estimate of drug-likeness (QED) is 0.389. The van der Waals surface area contributed by atoms with Crippen LogP contribution in [-0.4, -0.2) is 54.4 Å². The first kappa shape index (κ1) is 26.0. The summed E-state index contributed by atoms with van der Waals surface area (Å²) in [5.41, 5.74) is 1.27. The zero-order chi connectivity index (χ0) is 14.3. The second-order valence-electron chi connectivity index (χ2n) is 3.92. The van der Waals surface area contributed by atoms with Gasteiger partial charge in [0.2, 0.25) is 0 Å². The molecule has 0 bridgehead atoms. The predicted octanol–water partition coefficient (Wildman–Crippen LogP) is -1.49. The second kappa shape index (κ2) is 13.7. The van der Waals surface area contributed by atoms with E-state index in [-0.39, 0.29) is 47.5 Å². The summed E-state index contributed by atoms with van der Waals surface area (Å²) in [4.78, 5) is 25.5. The van der Waals surface area contributed by atoms with Crippen molar-refractivity contribution in [3.63, 3.8) is 0 Å². The Morgan fingerprint density at radius 1 is 1.00 bits per heavy atom. The Hall–Kier alpha value is -0.964. The molecular formula is C14H19BrMgN4O2. The van der Waals surface area contributed by atoms with Crippen molar-refractivity contribution in [2.45, 2.75) is 26.9 Å². The van der Waals surface area contributed by atoms with E-state index in [1.807, 2.05) is 6.92 Å². The molecule has 22 heavy (non-hydrogen) atoms. The van der Waals surface area contributed by atoms with E-state index in [2.05, 4.69) is 19.9 Å². The van der Waals surface area contributed by atoms with E-state index in [1.54, 1.807) is 26.2 Å². The van der Waals surface area contributed by atoms with Gasteiger partial charge in [0.05, 0.1) is 11.7 Å². The maximum atomic E-state index is 10.0. The summed E-state index contributed by atoms with van der Waals surface area (Å²) in [6.07, 6.45) is 6.50. The van der Waals surface area contributed by atoms with Crippen LogP contribution in [0.4, 0.5) is 0 Å². The van der Waals surface area contributed by atoms with Crippen LogP contribution < -0.4 is 17.0 Å². The summed E-state index contributed by atoms with van der Waals surface area (Å²) < 4.78 is 0. The summed E-state index contributed by atoms with van der Waals surface area (Å²) in [7, 11) is 0. The Morgan fingerprint density at radius 2 is 1.36 bits per heavy atom. The molecule has 0 saturated carbocycles. The van der Waals surface area contributed by atoms with Crippen molar-refractivity contribution >= 4 is 29.3 Å². The molecule has 1 unspecified atom stereocenters. The van der Waals surface area contributed by atoms with Crippen molar-refractivity contribution < 1.29 is 26.9 Å². The third-order valence-electron chi connectivity index (χ3n) is 2.22. The molecule has 8 heteroatoms. The van der Waals surface area contributed by atoms with Crippen molar-refractivity contribution in [3.05, 3.63) is 55.0 Å². The molecular weight excluding hydrogens is 360 g/mol. The molecule has 1 atom stereocenters. The standard InChI is InChI=1S/C7H10N2O.C6H6N2O.CH3.BrH.Mg/c1-5(10)7-3-8-6(2)9-4-7;1-5-7-2-6(4-9)3-8-5;;;/h3-5,10H,1-2H3;2-4H,1H3;1H3;1H;/q;;-1;;+2/p-1. The smallest absolute Gasteiger partial charge is 1.00 e. The molecule has 2 aromatic heterocycles. The van der Waals surface area contributed by atoms with E-state index < -0.39 is 6.10 Å². The Bertz CT molecular complexity index is 521. The Morgan fingerprint density at radius 3 is 1.68 bits per heavy atom. The van der Waals surface area contributed by atoms with E-state index >= 15 is 0 Å². The number of carbonyl (C=O) groups excluding carboxylic acids is 1. The zero-order valence-electron chi connectivity index (χ0n) is 13.2. The molecule has 116 valence electrons. The fraction of sp³-hybridized carbons (Fsp3) is 0.286. The summed E-state index contributed by atoms with van der Waals surface area (Å²) >= 11 is 0. The van der Waals surface area contributed by atoms with Crippen molar-refractivity contribution in [2.24, 2.45) is 0 Å². The van der Waals surface area contributed by atoms with E-state index in [1.165, 1.54) is 12.4 Å². The van der Waals surface area contributed by atoms with E-state index in [4.69, 9.17) is 5.11 Å². The zero-order valence-corrected chi connectivity index (χ0v) is 16.2. The fourth-order valence-electron chi connectivity index (χ4n) is 1.08. The Labute approximate surface area is 157 Å². The van der Waals surface area contributed by atoms with Crippen LogP contribution >= 0.6 is 0 Å². The van der Waals surface area contributed by atoms with Gasteiger partial charge in [0.25, 0.3) is 0 Å². The third-order valence-corrected chi connectivity index (χ3v) is 2.22. The molecule has 0 spiro atoms. The largest absolute Gasteiger partial charge is 2.00 e. The summed E-state index contributed by atoms with van der Waals surface area (Å²) in [6, 6.07) is 0. The Balaban J connectivity index is -0.000000290. The molecule has 2 heterocycles. The van der Waals surface area contributed by atoms with Gasteiger partial charge in [-0.15, -0.1) is 0 Å². The van der Waals surface area contributed by atoms with Gasteiger partial charge in [0.1, 0.15) is 11.6 Å². The van der Waals surface area contributed by atoms with E-state index in [0.29, 0.717) is 11.4 Å². The van der Waals surface area contributed by atoms with Gasteiger partial charge in [-0.3, -0.25) is 4.79 Å². The van der Waals surface area contributed by atoms with Crippen LogP contribution in [0.2, 0.25) is 0 Å². The van der Waals surface area contributed by atoms with Crippen LogP contribution in [0.3, 0.4) is 0 Å². The van der Waals surface area contributed by atoms with E-state index in [0.717, 1.165) is 17.7 Å². The second-order valence-corrected chi connectivity index (χ2v) is 3.92. The van der Waals surface area contributed by atoms with Gasteiger partial charge >= 0.3 is 23.1 Å². The maximum absolute atomic E-state index is 10.0. The number of aliphatic hydroxyl groups is 1. The van der Waals surface area contributed by atoms with Gasteiger partial charge in [-0.25, -0.2) is 19.9 Å². The van der Waals surface area contributed by atoms with Crippen molar-refractivity contribution in [1.29, 1.82) is 0 Å². The minimum Gasteiger partial charge on any atom is -1.00 e. The monoisotopic (exact) mass is 378 g/mol. The van der Waals surface area contributed by atoms with Crippen LogP contribution in [-0.2, 0) is 0 Å². The van der Waals surface area contributed by atoms with Crippen LogP contribution in [0, 0.1) is 21.3 Å². The van der Waals surface area contributed by atoms with Gasteiger partial charge < -0.3 is 29.5 Å². The summed E-state index contributed by atoms with van der Waals surface area (Å²) in [6.45, 7) is 5.27. The molecule has 6 nitrogen and oxygen atoms in total. The number of aldehydes is 1. The van der Waals surface area contributed by atoms with E-state index in [9.17, 15) is 4.79 Å². The van der Waals surface area contributed by atoms with Crippen molar-refractivity contribution in [3.8, 4) is 0 Å². The first-order valence-corrected chi connectivity index (χ1v) is 5.73. The van der Waals surface area contributed by atoms with Gasteiger partial charge in [0, 0.05) is 30.4 Å². The average Bonchev–Trinajstić information content (AvgIpc) is 2.41. The van der Waals surface area contributed by atoms with Crippen LogP contribution in [0.5, 0.6) is 0 Å². The van der Waals surface area contributed by atoms with Crippen LogP contribution in [0.1, 0.15) is 40.6 Å². The predicted molar refractivity (Wildman–Crippen MR) is 81.7 cm³/mol. The van der Waals surface area contributed by atoms with Gasteiger partial charge in [-0.05, 0) is 20.8 Å². The van der Waals surface area contributed by atoms with Gasteiger partial charge in [-0.2, -0.15) is 0 Å². The fourth-order valence-corrected chi connectivity index (χ4v) is 1.08. The minimum atomic E-state index is -0.472. The first-order chi connectivity index (χ1) is 9.02. The molecule has 0 fully saturated rings. The normalized spacial score (nSPS) is 9.64. The van der Waals surface area contributed by atoms with Crippen molar-refractivity contribution in [2.75, 3.05) is 0 Å². The average molecular weight is 380 g/mol. The molecule has 2 rings (SSSR count). The minimum absolute atomic E-state index is 0. The van der Waals surface area contributed by atoms with Gasteiger partial charge in [0.15, 0.2) is 6.29 Å². The number of aromatic nitrogens is 4. The molecule has 0 amide bonds. The number of halogens is 1. The van der Waals surface area contributed by atoms with Crippen molar-refractivity contribution in [1.82, 2.24) is 19.9 Å².